The molecule has 1 fully saturated rings. The van der Waals surface area contributed by atoms with Gasteiger partial charge in [0, 0.05) is 35.2 Å². The number of aromatic nitrogens is 2. The summed E-state index contributed by atoms with van der Waals surface area (Å²) in [5, 5.41) is 9.97. The van der Waals surface area contributed by atoms with Gasteiger partial charge in [0.05, 0.1) is 5.69 Å². The Labute approximate surface area is 157 Å². The monoisotopic (exact) mass is 360 g/mol. The number of anilines is 2. The predicted molar refractivity (Wildman–Crippen MR) is 104 cm³/mol. The third-order valence-corrected chi connectivity index (χ3v) is 4.71. The Morgan fingerprint density at radius 1 is 1.04 bits per heavy atom. The maximum absolute atomic E-state index is 12.6. The molecule has 2 unspecified atom stereocenters. The summed E-state index contributed by atoms with van der Waals surface area (Å²) >= 11 is 0. The fraction of sp³-hybridized carbons (Fsp3) is 0.190. The number of nitrogens with zero attached hydrogens (tertiary/aromatic N) is 2. The molecule has 1 saturated carbocycles. The first-order chi connectivity index (χ1) is 13.1. The van der Waals surface area contributed by atoms with Gasteiger partial charge in [-0.3, -0.25) is 9.59 Å². The van der Waals surface area contributed by atoms with E-state index < -0.39 is 0 Å². The van der Waals surface area contributed by atoms with Crippen LogP contribution in [0.25, 0.3) is 5.69 Å². The summed E-state index contributed by atoms with van der Waals surface area (Å²) in [5.41, 5.74) is 2.66. The van der Waals surface area contributed by atoms with Crippen molar-refractivity contribution in [2.24, 2.45) is 11.8 Å². The third kappa shape index (κ3) is 3.89. The van der Waals surface area contributed by atoms with Crippen molar-refractivity contribution in [1.29, 1.82) is 0 Å². The molecule has 3 aromatic rings. The predicted octanol–water partition coefficient (Wildman–Crippen LogP) is 3.72. The summed E-state index contributed by atoms with van der Waals surface area (Å²) in [7, 11) is 0. The topological polar surface area (TPSA) is 76.0 Å². The van der Waals surface area contributed by atoms with Crippen molar-refractivity contribution < 1.29 is 9.59 Å². The van der Waals surface area contributed by atoms with Crippen LogP contribution in [0.4, 0.5) is 11.4 Å². The molecule has 2 atom stereocenters. The first-order valence-corrected chi connectivity index (χ1v) is 8.92. The number of rotatable bonds is 5. The molecule has 0 saturated heterocycles. The second kappa shape index (κ2) is 7.07. The number of carbonyl (C=O) groups excluding carboxylic acids is 2. The fourth-order valence-corrected chi connectivity index (χ4v) is 3.01. The summed E-state index contributed by atoms with van der Waals surface area (Å²) in [6, 6.07) is 16.3. The minimum Gasteiger partial charge on any atom is -0.326 e. The Morgan fingerprint density at radius 3 is 2.48 bits per heavy atom. The van der Waals surface area contributed by atoms with Crippen LogP contribution in [0.1, 0.15) is 23.7 Å². The van der Waals surface area contributed by atoms with Crippen LogP contribution in [0.5, 0.6) is 0 Å². The molecule has 136 valence electrons. The van der Waals surface area contributed by atoms with E-state index in [4.69, 9.17) is 0 Å². The Bertz CT molecular complexity index is 981. The van der Waals surface area contributed by atoms with Gasteiger partial charge in [-0.15, -0.1) is 0 Å². The van der Waals surface area contributed by atoms with Crippen molar-refractivity contribution in [3.8, 4) is 5.69 Å². The molecule has 0 spiro atoms. The van der Waals surface area contributed by atoms with Gasteiger partial charge in [-0.1, -0.05) is 19.1 Å². The van der Waals surface area contributed by atoms with Crippen LogP contribution < -0.4 is 10.6 Å². The lowest BCUT2D eigenvalue weighted by atomic mass is 10.1. The van der Waals surface area contributed by atoms with E-state index in [1.165, 1.54) is 0 Å². The van der Waals surface area contributed by atoms with E-state index in [2.05, 4.69) is 22.7 Å². The highest BCUT2D eigenvalue weighted by Gasteiger charge is 2.39. The van der Waals surface area contributed by atoms with E-state index in [9.17, 15) is 9.59 Å². The van der Waals surface area contributed by atoms with Gasteiger partial charge in [-0.25, -0.2) is 4.68 Å². The number of benzene rings is 2. The number of nitrogens with one attached hydrogen (secondary N) is 2. The molecule has 2 N–H and O–H groups in total. The standard InChI is InChI=1S/C21H20N4O2/c1-14-11-19(14)21(27)24-16-6-2-5-15(12-16)20(26)23-17-7-3-8-18(13-17)25-10-4-9-22-25/h2-10,12-14,19H,11H2,1H3,(H,23,26)(H,24,27). The van der Waals surface area contributed by atoms with Gasteiger partial charge in [0.15, 0.2) is 0 Å². The third-order valence-electron chi connectivity index (χ3n) is 4.71. The summed E-state index contributed by atoms with van der Waals surface area (Å²) in [6.45, 7) is 2.06. The van der Waals surface area contributed by atoms with Crippen LogP contribution in [0.3, 0.4) is 0 Å². The molecule has 2 aromatic carbocycles. The van der Waals surface area contributed by atoms with Gasteiger partial charge in [-0.05, 0) is 54.8 Å². The van der Waals surface area contributed by atoms with Crippen molar-refractivity contribution in [2.45, 2.75) is 13.3 Å². The van der Waals surface area contributed by atoms with Crippen molar-refractivity contribution in [1.82, 2.24) is 9.78 Å². The number of carbonyl (C=O) groups is 2. The first-order valence-electron chi connectivity index (χ1n) is 8.92. The Hall–Kier alpha value is -3.41. The van der Waals surface area contributed by atoms with Crippen LogP contribution in [0, 0.1) is 11.8 Å². The van der Waals surface area contributed by atoms with E-state index in [0.29, 0.717) is 22.9 Å². The zero-order chi connectivity index (χ0) is 18.8. The highest BCUT2D eigenvalue weighted by molar-refractivity contribution is 6.05. The lowest BCUT2D eigenvalue weighted by molar-refractivity contribution is -0.117. The quantitative estimate of drug-likeness (QED) is 0.728. The summed E-state index contributed by atoms with van der Waals surface area (Å²) in [4.78, 5) is 24.7. The number of hydrogen-bond donors (Lipinski definition) is 2. The molecule has 2 amide bonds. The fourth-order valence-electron chi connectivity index (χ4n) is 3.01. The average Bonchev–Trinajstić information content (AvgIpc) is 3.17. The van der Waals surface area contributed by atoms with E-state index in [1.807, 2.05) is 36.5 Å². The maximum Gasteiger partial charge on any atom is 0.255 e. The van der Waals surface area contributed by atoms with Crippen LogP contribution in [0.2, 0.25) is 0 Å². The summed E-state index contributed by atoms with van der Waals surface area (Å²) in [5.74, 6) is 0.321. The minimum absolute atomic E-state index is 0.0204. The van der Waals surface area contributed by atoms with Gasteiger partial charge in [-0.2, -0.15) is 5.10 Å². The lowest BCUT2D eigenvalue weighted by Gasteiger charge is -2.09. The highest BCUT2D eigenvalue weighted by Crippen LogP contribution is 2.38. The Kier molecular flexibility index (Phi) is 4.46. The zero-order valence-electron chi connectivity index (χ0n) is 14.9. The lowest BCUT2D eigenvalue weighted by Crippen LogP contribution is -2.16. The minimum atomic E-state index is -0.233. The van der Waals surface area contributed by atoms with Gasteiger partial charge in [0.2, 0.25) is 5.91 Å². The molecule has 27 heavy (non-hydrogen) atoms. The molecule has 0 aliphatic heterocycles. The second-order valence-corrected chi connectivity index (χ2v) is 6.84. The maximum atomic E-state index is 12.6. The molecule has 0 bridgehead atoms. The van der Waals surface area contributed by atoms with Crippen LogP contribution in [0.15, 0.2) is 67.0 Å². The molecule has 1 aliphatic rings. The Balaban J connectivity index is 1.46. The molecular weight excluding hydrogens is 340 g/mol. The molecule has 1 heterocycles. The van der Waals surface area contributed by atoms with Crippen LogP contribution in [-0.4, -0.2) is 21.6 Å². The van der Waals surface area contributed by atoms with E-state index >= 15 is 0 Å². The van der Waals surface area contributed by atoms with E-state index in [1.54, 1.807) is 35.1 Å². The van der Waals surface area contributed by atoms with Crippen LogP contribution >= 0.6 is 0 Å². The van der Waals surface area contributed by atoms with Crippen molar-refractivity contribution >= 4 is 23.2 Å². The average molecular weight is 360 g/mol. The van der Waals surface area contributed by atoms with E-state index in [-0.39, 0.29) is 17.7 Å². The molecule has 6 heteroatoms. The van der Waals surface area contributed by atoms with Gasteiger partial charge in [0.1, 0.15) is 0 Å². The SMILES string of the molecule is CC1CC1C(=O)Nc1cccc(C(=O)Nc2cccc(-n3cccn3)c2)c1. The van der Waals surface area contributed by atoms with Crippen LogP contribution in [-0.2, 0) is 4.79 Å². The highest BCUT2D eigenvalue weighted by atomic mass is 16.2. The van der Waals surface area contributed by atoms with Crippen molar-refractivity contribution in [2.75, 3.05) is 10.6 Å². The number of hydrogen-bond acceptors (Lipinski definition) is 3. The zero-order valence-corrected chi connectivity index (χ0v) is 14.9. The molecule has 1 aromatic heterocycles. The summed E-state index contributed by atoms with van der Waals surface area (Å²) < 4.78 is 1.73. The molecule has 6 nitrogen and oxygen atoms in total. The van der Waals surface area contributed by atoms with Gasteiger partial charge < -0.3 is 10.6 Å². The largest absolute Gasteiger partial charge is 0.326 e. The number of amides is 2. The van der Waals surface area contributed by atoms with E-state index in [0.717, 1.165) is 12.1 Å². The molecule has 0 radical (unpaired) electrons. The smallest absolute Gasteiger partial charge is 0.255 e. The second-order valence-electron chi connectivity index (χ2n) is 6.84. The van der Waals surface area contributed by atoms with Crippen molar-refractivity contribution in [3.05, 3.63) is 72.6 Å². The molecule has 4 rings (SSSR count). The first kappa shape index (κ1) is 17.0. The van der Waals surface area contributed by atoms with Gasteiger partial charge in [0.25, 0.3) is 5.91 Å². The molecule has 1 aliphatic carbocycles. The van der Waals surface area contributed by atoms with Gasteiger partial charge >= 0.3 is 0 Å². The Morgan fingerprint density at radius 2 is 1.78 bits per heavy atom. The normalized spacial score (nSPS) is 18.0. The summed E-state index contributed by atoms with van der Waals surface area (Å²) in [6.07, 6.45) is 4.47. The van der Waals surface area contributed by atoms with Crippen molar-refractivity contribution in [3.63, 3.8) is 0 Å². The molecular formula is C21H20N4O2.